The molecule has 1 unspecified atom stereocenters. The van der Waals surface area contributed by atoms with Crippen molar-refractivity contribution in [1.82, 2.24) is 4.90 Å². The van der Waals surface area contributed by atoms with E-state index in [1.165, 1.54) is 4.90 Å². The van der Waals surface area contributed by atoms with Crippen molar-refractivity contribution in [3.05, 3.63) is 4.65 Å². The second-order valence-electron chi connectivity index (χ2n) is 10.3. The van der Waals surface area contributed by atoms with Gasteiger partial charge in [0.25, 0.3) is 0 Å². The third-order valence-electron chi connectivity index (χ3n) is 3.54. The number of nitrogens with zero attached hydrogens (tertiary/aromatic N) is 2. The fourth-order valence-electron chi connectivity index (χ4n) is 2.90. The van der Waals surface area contributed by atoms with E-state index < -0.39 is 39.5 Å². The van der Waals surface area contributed by atoms with Crippen molar-refractivity contribution >= 4 is 28.5 Å². The van der Waals surface area contributed by atoms with Crippen LogP contribution in [-0.2, 0) is 9.53 Å². The quantitative estimate of drug-likeness (QED) is 0.679. The number of carbonyl (C=O) groups excluding carboxylic acids is 1. The summed E-state index contributed by atoms with van der Waals surface area (Å²) in [4.78, 5) is 24.5. The molecule has 0 aromatic rings. The summed E-state index contributed by atoms with van der Waals surface area (Å²) in [6.45, 7) is 21.6. The van der Waals surface area contributed by atoms with E-state index in [9.17, 15) is 9.59 Å². The summed E-state index contributed by atoms with van der Waals surface area (Å²) in [6, 6.07) is 0. The molecule has 1 saturated heterocycles. The van der Waals surface area contributed by atoms with E-state index in [2.05, 4.69) is 39.3 Å². The van der Waals surface area contributed by atoms with E-state index in [4.69, 9.17) is 14.5 Å². The number of rotatable bonds is 3. The van der Waals surface area contributed by atoms with Crippen molar-refractivity contribution in [2.45, 2.75) is 85.4 Å². The predicted octanol–water partition coefficient (Wildman–Crippen LogP) is 2.14. The molecule has 1 aliphatic rings. The zero-order valence-electron chi connectivity index (χ0n) is 19.4. The standard InChI is InChI=1S/C12H21NO4.C6H18NSi2.K/c1-11(2,3)17-10(16)13-7-5-6-12(4,8-13)9(14)15;1-8(2,3)7-9(4,5)6;/h5-8H2,1-4H3,(H,14,15);1-6H3;/q;-1;+1. The number of amides is 1. The van der Waals surface area contributed by atoms with Gasteiger partial charge in [0, 0.05) is 13.1 Å². The summed E-state index contributed by atoms with van der Waals surface area (Å²) >= 11 is 0. The first-order valence-corrected chi connectivity index (χ1v) is 16.2. The maximum Gasteiger partial charge on any atom is 1.00 e. The molecule has 0 aliphatic carbocycles. The average Bonchev–Trinajstić information content (AvgIpc) is 2.32. The number of ether oxygens (including phenoxy) is 1. The minimum atomic E-state index is -1.11. The van der Waals surface area contributed by atoms with Crippen molar-refractivity contribution in [2.24, 2.45) is 5.41 Å². The maximum atomic E-state index is 11.8. The molecule has 0 radical (unpaired) electrons. The Bertz CT molecular complexity index is 487. The Morgan fingerprint density at radius 2 is 1.52 bits per heavy atom. The van der Waals surface area contributed by atoms with Gasteiger partial charge in [0.05, 0.1) is 5.41 Å². The van der Waals surface area contributed by atoms with Crippen LogP contribution in [0.2, 0.25) is 39.3 Å². The average molecular weight is 443 g/mol. The van der Waals surface area contributed by atoms with Crippen LogP contribution in [0.15, 0.2) is 0 Å². The van der Waals surface area contributed by atoms with Crippen LogP contribution in [-0.4, -0.2) is 57.2 Å². The van der Waals surface area contributed by atoms with Crippen LogP contribution in [0.3, 0.4) is 0 Å². The van der Waals surface area contributed by atoms with Crippen LogP contribution in [0.25, 0.3) is 4.65 Å². The topological polar surface area (TPSA) is 80.9 Å². The fourth-order valence-corrected chi connectivity index (χ4v) is 11.0. The van der Waals surface area contributed by atoms with E-state index in [0.29, 0.717) is 19.4 Å². The van der Waals surface area contributed by atoms with E-state index in [1.54, 1.807) is 27.7 Å². The fraction of sp³-hybridized carbons (Fsp3) is 0.889. The van der Waals surface area contributed by atoms with Crippen LogP contribution < -0.4 is 51.4 Å². The number of aliphatic carboxylic acids is 1. The van der Waals surface area contributed by atoms with Gasteiger partial charge in [0.2, 0.25) is 0 Å². The molecule has 1 atom stereocenters. The third kappa shape index (κ3) is 14.4. The first-order chi connectivity index (χ1) is 11.3. The van der Waals surface area contributed by atoms with Crippen molar-refractivity contribution in [1.29, 1.82) is 0 Å². The molecule has 1 N–H and O–H groups in total. The molecule has 27 heavy (non-hydrogen) atoms. The van der Waals surface area contributed by atoms with Gasteiger partial charge >= 0.3 is 63.4 Å². The first-order valence-electron chi connectivity index (χ1n) is 9.30. The summed E-state index contributed by atoms with van der Waals surface area (Å²) in [5.74, 6) is -0.856. The minimum absolute atomic E-state index is 0. The summed E-state index contributed by atoms with van der Waals surface area (Å²) in [5, 5.41) is 9.15. The van der Waals surface area contributed by atoms with Gasteiger partial charge in [-0.15, -0.1) is 0 Å². The van der Waals surface area contributed by atoms with Gasteiger partial charge < -0.3 is 19.4 Å². The van der Waals surface area contributed by atoms with Crippen LogP contribution >= 0.6 is 0 Å². The molecular formula is C18H39KN2O4Si2. The molecule has 1 rings (SSSR count). The van der Waals surface area contributed by atoms with Crippen molar-refractivity contribution in [3.8, 4) is 0 Å². The van der Waals surface area contributed by atoms with Gasteiger partial charge in [0.1, 0.15) is 5.60 Å². The van der Waals surface area contributed by atoms with Gasteiger partial charge in [-0.25, -0.2) is 4.79 Å². The summed E-state index contributed by atoms with van der Waals surface area (Å²) < 4.78 is 10.1. The number of carboxylic acid groups (broad SMARTS) is 1. The maximum absolute atomic E-state index is 11.8. The second-order valence-corrected chi connectivity index (χ2v) is 19.9. The van der Waals surface area contributed by atoms with Crippen molar-refractivity contribution in [2.75, 3.05) is 13.1 Å². The molecule has 1 aliphatic heterocycles. The number of carbonyl (C=O) groups is 2. The Balaban J connectivity index is 0. The molecule has 0 bridgehead atoms. The van der Waals surface area contributed by atoms with E-state index in [-0.39, 0.29) is 57.9 Å². The number of likely N-dealkylation sites (tertiary alicyclic amines) is 1. The van der Waals surface area contributed by atoms with Gasteiger partial charge in [-0.05, 0) is 40.5 Å². The molecule has 0 aromatic heterocycles. The van der Waals surface area contributed by atoms with Gasteiger partial charge in [-0.1, -0.05) is 55.8 Å². The molecule has 6 nitrogen and oxygen atoms in total. The van der Waals surface area contributed by atoms with Crippen molar-refractivity contribution in [3.63, 3.8) is 0 Å². The summed E-state index contributed by atoms with van der Waals surface area (Å²) in [5.41, 5.74) is -1.40. The Labute approximate surface area is 210 Å². The largest absolute Gasteiger partial charge is 1.00 e. The molecule has 0 aromatic carbocycles. The van der Waals surface area contributed by atoms with E-state index >= 15 is 0 Å². The molecule has 9 heteroatoms. The molecule has 154 valence electrons. The van der Waals surface area contributed by atoms with Crippen LogP contribution in [0.5, 0.6) is 0 Å². The molecule has 0 spiro atoms. The number of hydrogen-bond acceptors (Lipinski definition) is 3. The molecule has 1 amide bonds. The molecule has 1 fully saturated rings. The monoisotopic (exact) mass is 442 g/mol. The van der Waals surface area contributed by atoms with Gasteiger partial charge in [-0.3, -0.25) is 4.79 Å². The van der Waals surface area contributed by atoms with Crippen LogP contribution in [0, 0.1) is 5.41 Å². The van der Waals surface area contributed by atoms with E-state index in [1.807, 2.05) is 0 Å². The Kier molecular flexibility index (Phi) is 12.5. The molecule has 1 heterocycles. The van der Waals surface area contributed by atoms with Crippen LogP contribution in [0.1, 0.15) is 40.5 Å². The number of piperidine rings is 1. The van der Waals surface area contributed by atoms with E-state index in [0.717, 1.165) is 0 Å². The minimum Gasteiger partial charge on any atom is -0.668 e. The first kappa shape index (κ1) is 30.0. The third-order valence-corrected chi connectivity index (χ3v) is 8.90. The predicted molar refractivity (Wildman–Crippen MR) is 113 cm³/mol. The van der Waals surface area contributed by atoms with Crippen molar-refractivity contribution < 1.29 is 70.8 Å². The number of carboxylic acids is 1. The normalized spacial score (nSPS) is 20.7. The molecular weight excluding hydrogens is 403 g/mol. The SMILES string of the molecule is CC(C)(C)OC(=O)N1CCCC(C)(C(=O)O)C1.C[Si](C)(C)[N-][Si](C)(C)C.[K+]. The smallest absolute Gasteiger partial charge is 0.668 e. The Morgan fingerprint density at radius 3 is 1.81 bits per heavy atom. The Morgan fingerprint density at radius 1 is 1.07 bits per heavy atom. The number of hydrogen-bond donors (Lipinski definition) is 1. The summed E-state index contributed by atoms with van der Waals surface area (Å²) in [6.07, 6.45) is 0.869. The summed E-state index contributed by atoms with van der Waals surface area (Å²) in [7, 11) is -2.21. The second kappa shape index (κ2) is 11.2. The van der Waals surface area contributed by atoms with Gasteiger partial charge in [-0.2, -0.15) is 0 Å². The zero-order chi connectivity index (χ0) is 21.0. The van der Waals surface area contributed by atoms with Crippen LogP contribution in [0.4, 0.5) is 4.79 Å². The molecule has 0 saturated carbocycles. The Hall–Kier alpha value is 0.770. The zero-order valence-corrected chi connectivity index (χ0v) is 24.5. The van der Waals surface area contributed by atoms with Gasteiger partial charge in [0.15, 0.2) is 0 Å².